The molecule has 0 aromatic heterocycles. The van der Waals surface area contributed by atoms with Gasteiger partial charge in [-0.2, -0.15) is 0 Å². The van der Waals surface area contributed by atoms with Crippen molar-refractivity contribution in [2.45, 2.75) is 12.5 Å². The number of amides is 1. The molecule has 0 aromatic carbocycles. The Morgan fingerprint density at radius 2 is 2.17 bits per heavy atom. The number of carbonyl (C=O) groups is 2. The molecule has 1 amide bonds. The van der Waals surface area contributed by atoms with Gasteiger partial charge in [-0.1, -0.05) is 0 Å². The van der Waals surface area contributed by atoms with Crippen LogP contribution in [0.3, 0.4) is 0 Å². The van der Waals surface area contributed by atoms with Crippen molar-refractivity contribution in [1.82, 2.24) is 5.32 Å². The summed E-state index contributed by atoms with van der Waals surface area (Å²) in [6, 6.07) is -0.766. The zero-order chi connectivity index (χ0) is 9.56. The first kappa shape index (κ1) is 11.1. The Hall–Kier alpha value is -0.940. The van der Waals surface area contributed by atoms with Crippen LogP contribution in [-0.2, 0) is 14.3 Å². The van der Waals surface area contributed by atoms with E-state index in [9.17, 15) is 9.59 Å². The van der Waals surface area contributed by atoms with E-state index < -0.39 is 6.04 Å². The molecule has 0 aliphatic carbocycles. The third-order valence-electron chi connectivity index (χ3n) is 1.34. The molecule has 0 aromatic rings. The van der Waals surface area contributed by atoms with Crippen molar-refractivity contribution in [1.29, 1.82) is 0 Å². The highest BCUT2D eigenvalue weighted by molar-refractivity contribution is 5.89. The normalized spacial score (nSPS) is 12.2. The van der Waals surface area contributed by atoms with Gasteiger partial charge in [0.15, 0.2) is 5.78 Å². The predicted molar refractivity (Wildman–Crippen MR) is 43.5 cm³/mol. The maximum absolute atomic E-state index is 10.9. The Morgan fingerprint density at radius 3 is 2.58 bits per heavy atom. The van der Waals surface area contributed by atoms with E-state index in [-0.39, 0.29) is 24.7 Å². The van der Waals surface area contributed by atoms with E-state index >= 15 is 0 Å². The van der Waals surface area contributed by atoms with E-state index in [4.69, 9.17) is 5.73 Å². The molecule has 3 N–H and O–H groups in total. The van der Waals surface area contributed by atoms with Gasteiger partial charge in [0.05, 0.1) is 6.04 Å². The number of rotatable bonds is 5. The molecule has 0 rings (SSSR count). The van der Waals surface area contributed by atoms with Gasteiger partial charge in [-0.05, 0) is 0 Å². The van der Waals surface area contributed by atoms with Gasteiger partial charge in [0.1, 0.15) is 6.61 Å². The Morgan fingerprint density at radius 1 is 1.58 bits per heavy atom. The van der Waals surface area contributed by atoms with Crippen LogP contribution in [0.2, 0.25) is 0 Å². The van der Waals surface area contributed by atoms with Crippen molar-refractivity contribution in [2.24, 2.45) is 5.73 Å². The molecule has 5 heteroatoms. The van der Waals surface area contributed by atoms with E-state index in [1.54, 1.807) is 0 Å². The largest absolute Gasteiger partial charge is 0.377 e. The second-order valence-electron chi connectivity index (χ2n) is 2.40. The van der Waals surface area contributed by atoms with Crippen LogP contribution in [0, 0.1) is 0 Å². The quantitative estimate of drug-likeness (QED) is 0.541. The number of methoxy groups -OCH3 is 1. The fraction of sp³-hybridized carbons (Fsp3) is 0.714. The van der Waals surface area contributed by atoms with Crippen LogP contribution >= 0.6 is 0 Å². The van der Waals surface area contributed by atoms with Gasteiger partial charge in [0.2, 0.25) is 5.91 Å². The highest BCUT2D eigenvalue weighted by Gasteiger charge is 2.15. The van der Waals surface area contributed by atoms with E-state index in [0.717, 1.165) is 0 Å². The number of nitrogens with one attached hydrogen (secondary N) is 1. The summed E-state index contributed by atoms with van der Waals surface area (Å²) in [4.78, 5) is 21.7. The predicted octanol–water partition coefficient (Wildman–Crippen LogP) is -1.33. The molecule has 0 aliphatic rings. The molecule has 0 radical (unpaired) electrons. The monoisotopic (exact) mass is 174 g/mol. The van der Waals surface area contributed by atoms with Gasteiger partial charge in [-0.25, -0.2) is 0 Å². The SMILES string of the molecule is CNC(=O)C(N)CC(=O)COC. The first-order valence-corrected chi connectivity index (χ1v) is 3.59. The van der Waals surface area contributed by atoms with E-state index in [2.05, 4.69) is 10.1 Å². The Labute approximate surface area is 71.3 Å². The highest BCUT2D eigenvalue weighted by Crippen LogP contribution is 1.90. The number of nitrogens with two attached hydrogens (primary N) is 1. The Balaban J connectivity index is 3.75. The number of ketones is 1. The number of likely N-dealkylation sites (N-methyl/N-ethyl adjacent to an activating group) is 1. The Bertz CT molecular complexity index is 170. The molecule has 0 saturated heterocycles. The lowest BCUT2D eigenvalue weighted by Crippen LogP contribution is -2.40. The second kappa shape index (κ2) is 5.68. The third kappa shape index (κ3) is 4.05. The molecule has 0 bridgehead atoms. The maximum atomic E-state index is 10.9. The first-order valence-electron chi connectivity index (χ1n) is 3.59. The lowest BCUT2D eigenvalue weighted by molar-refractivity contribution is -0.128. The third-order valence-corrected chi connectivity index (χ3v) is 1.34. The minimum atomic E-state index is -0.766. The van der Waals surface area contributed by atoms with E-state index in [0.29, 0.717) is 0 Å². The van der Waals surface area contributed by atoms with Crippen molar-refractivity contribution in [3.63, 3.8) is 0 Å². The number of ether oxygens (including phenoxy) is 1. The minimum absolute atomic E-state index is 0.00466. The average Bonchev–Trinajstić information content (AvgIpc) is 2.03. The van der Waals surface area contributed by atoms with Crippen LogP contribution < -0.4 is 11.1 Å². The molecule has 0 heterocycles. The van der Waals surface area contributed by atoms with Crippen LogP contribution in [0.4, 0.5) is 0 Å². The molecule has 0 saturated carbocycles. The van der Waals surface area contributed by atoms with Gasteiger partial charge >= 0.3 is 0 Å². The van der Waals surface area contributed by atoms with Gasteiger partial charge in [0.25, 0.3) is 0 Å². The molecule has 1 unspecified atom stereocenters. The summed E-state index contributed by atoms with van der Waals surface area (Å²) in [6.45, 7) is 0.00466. The lowest BCUT2D eigenvalue weighted by atomic mass is 10.1. The molecule has 0 fully saturated rings. The first-order chi connectivity index (χ1) is 5.61. The number of carbonyl (C=O) groups excluding carboxylic acids is 2. The zero-order valence-electron chi connectivity index (χ0n) is 7.29. The van der Waals surface area contributed by atoms with Crippen LogP contribution in [0.15, 0.2) is 0 Å². The smallest absolute Gasteiger partial charge is 0.237 e. The van der Waals surface area contributed by atoms with Crippen LogP contribution in [-0.4, -0.2) is 38.5 Å². The summed E-state index contributed by atoms with van der Waals surface area (Å²) in [5, 5.41) is 2.36. The topological polar surface area (TPSA) is 81.4 Å². The lowest BCUT2D eigenvalue weighted by Gasteiger charge is -2.07. The van der Waals surface area contributed by atoms with Crippen molar-refractivity contribution >= 4 is 11.7 Å². The summed E-state index contributed by atoms with van der Waals surface area (Å²) >= 11 is 0. The molecular formula is C7H14N2O3. The minimum Gasteiger partial charge on any atom is -0.377 e. The summed E-state index contributed by atoms with van der Waals surface area (Å²) in [5.41, 5.74) is 5.37. The molecule has 0 aliphatic heterocycles. The van der Waals surface area contributed by atoms with Crippen molar-refractivity contribution in [2.75, 3.05) is 20.8 Å². The van der Waals surface area contributed by atoms with Crippen LogP contribution in [0.25, 0.3) is 0 Å². The van der Waals surface area contributed by atoms with Crippen molar-refractivity contribution < 1.29 is 14.3 Å². The molecular weight excluding hydrogens is 160 g/mol. The maximum Gasteiger partial charge on any atom is 0.237 e. The fourth-order valence-electron chi connectivity index (χ4n) is 0.743. The summed E-state index contributed by atoms with van der Waals surface area (Å²) in [7, 11) is 2.90. The zero-order valence-corrected chi connectivity index (χ0v) is 7.29. The fourth-order valence-corrected chi connectivity index (χ4v) is 0.743. The van der Waals surface area contributed by atoms with Gasteiger partial charge in [0, 0.05) is 20.6 Å². The average molecular weight is 174 g/mol. The molecule has 1 atom stereocenters. The van der Waals surface area contributed by atoms with Gasteiger partial charge in [-0.3, -0.25) is 9.59 Å². The second-order valence-corrected chi connectivity index (χ2v) is 2.40. The number of Topliss-reactive ketones (excluding diaryl/α,β-unsaturated/α-hetero) is 1. The van der Waals surface area contributed by atoms with Gasteiger partial charge in [-0.15, -0.1) is 0 Å². The molecule has 0 spiro atoms. The molecule has 12 heavy (non-hydrogen) atoms. The standard InChI is InChI=1S/C7H14N2O3/c1-9-7(11)6(8)3-5(10)4-12-2/h6H,3-4,8H2,1-2H3,(H,9,11). The van der Waals surface area contributed by atoms with E-state index in [1.165, 1.54) is 14.2 Å². The summed E-state index contributed by atoms with van der Waals surface area (Å²) in [6.07, 6.45) is 0.0213. The molecule has 70 valence electrons. The van der Waals surface area contributed by atoms with Crippen molar-refractivity contribution in [3.05, 3.63) is 0 Å². The molecule has 5 nitrogen and oxygen atoms in total. The number of hydrogen-bond donors (Lipinski definition) is 2. The van der Waals surface area contributed by atoms with Gasteiger partial charge < -0.3 is 15.8 Å². The summed E-state index contributed by atoms with van der Waals surface area (Å²) < 4.78 is 4.58. The van der Waals surface area contributed by atoms with Crippen molar-refractivity contribution in [3.8, 4) is 0 Å². The highest BCUT2D eigenvalue weighted by atomic mass is 16.5. The number of hydrogen-bond acceptors (Lipinski definition) is 4. The Kier molecular flexibility index (Phi) is 5.23. The van der Waals surface area contributed by atoms with Crippen LogP contribution in [0.1, 0.15) is 6.42 Å². The summed E-state index contributed by atoms with van der Waals surface area (Å²) in [5.74, 6) is -0.506. The van der Waals surface area contributed by atoms with Crippen LogP contribution in [0.5, 0.6) is 0 Å². The van der Waals surface area contributed by atoms with E-state index in [1.807, 2.05) is 0 Å².